The van der Waals surface area contributed by atoms with Gasteiger partial charge in [0.1, 0.15) is 0 Å². The molecule has 0 fully saturated rings. The number of amides is 3. The number of aryl methyl sites for hydroxylation is 1. The Kier molecular flexibility index (Phi) is 7.57. The summed E-state index contributed by atoms with van der Waals surface area (Å²) < 4.78 is 22.5. The summed E-state index contributed by atoms with van der Waals surface area (Å²) in [5, 5.41) is 15.4. The van der Waals surface area contributed by atoms with Crippen LogP contribution >= 0.6 is 11.3 Å². The van der Waals surface area contributed by atoms with Gasteiger partial charge in [0.2, 0.25) is 15.9 Å². The highest BCUT2D eigenvalue weighted by Crippen LogP contribution is 2.17. The number of nitrogens with one attached hydrogen (secondary N) is 3. The fourth-order valence-corrected chi connectivity index (χ4v) is 4.07. The van der Waals surface area contributed by atoms with Gasteiger partial charge >= 0.3 is 6.03 Å². The van der Waals surface area contributed by atoms with Crippen molar-refractivity contribution in [2.24, 2.45) is 5.14 Å². The molecule has 11 heteroatoms. The van der Waals surface area contributed by atoms with Crippen LogP contribution in [0.4, 0.5) is 15.6 Å². The smallest absolute Gasteiger partial charge is 0.325 e. The lowest BCUT2D eigenvalue weighted by Gasteiger charge is -2.06. The Balaban J connectivity index is 1.42. The van der Waals surface area contributed by atoms with Gasteiger partial charge in [0, 0.05) is 17.6 Å². The first-order chi connectivity index (χ1) is 15.2. The fraction of sp³-hybridized carbons (Fsp3) is 0.190. The van der Waals surface area contributed by atoms with Crippen LogP contribution in [0.5, 0.6) is 0 Å². The van der Waals surface area contributed by atoms with Crippen LogP contribution in [0, 0.1) is 6.92 Å². The molecule has 0 saturated carbocycles. The predicted octanol–water partition coefficient (Wildman–Crippen LogP) is 2.64. The molecule has 32 heavy (non-hydrogen) atoms. The zero-order chi connectivity index (χ0) is 23.1. The minimum Gasteiger partial charge on any atom is -0.355 e. The van der Waals surface area contributed by atoms with Gasteiger partial charge in [-0.05, 0) is 48.7 Å². The summed E-state index contributed by atoms with van der Waals surface area (Å²) in [6.07, 6.45) is 0.627. The van der Waals surface area contributed by atoms with E-state index < -0.39 is 16.1 Å². The van der Waals surface area contributed by atoms with E-state index in [1.165, 1.54) is 23.5 Å². The number of carbonyl (C=O) groups excluding carboxylic acids is 2. The highest BCUT2D eigenvalue weighted by Gasteiger charge is 2.11. The molecule has 0 aliphatic carbocycles. The molecule has 3 amide bonds. The molecule has 1 heterocycles. The Morgan fingerprint density at radius 2 is 1.84 bits per heavy atom. The number of sulfonamides is 1. The van der Waals surface area contributed by atoms with E-state index in [9.17, 15) is 18.0 Å². The van der Waals surface area contributed by atoms with Gasteiger partial charge < -0.3 is 10.6 Å². The number of primary sulfonamides is 1. The SMILES string of the molecule is Cc1cccc(NC(=O)Nc2nc(CC(=O)NCCc3ccc(S(N)(=O)=O)cc3)cs2)c1. The summed E-state index contributed by atoms with van der Waals surface area (Å²) in [5.41, 5.74) is 3.14. The molecule has 168 valence electrons. The van der Waals surface area contributed by atoms with Crippen molar-refractivity contribution < 1.29 is 18.0 Å². The quantitative estimate of drug-likeness (QED) is 0.398. The number of thiazole rings is 1. The minimum atomic E-state index is -3.72. The number of anilines is 2. The second-order valence-electron chi connectivity index (χ2n) is 7.06. The highest BCUT2D eigenvalue weighted by atomic mass is 32.2. The lowest BCUT2D eigenvalue weighted by molar-refractivity contribution is -0.120. The molecule has 0 atom stereocenters. The third-order valence-electron chi connectivity index (χ3n) is 4.38. The van der Waals surface area contributed by atoms with Gasteiger partial charge in [0.25, 0.3) is 0 Å². The number of rotatable bonds is 8. The number of nitrogens with zero attached hydrogens (tertiary/aromatic N) is 1. The molecule has 3 rings (SSSR count). The monoisotopic (exact) mass is 473 g/mol. The molecule has 5 N–H and O–H groups in total. The van der Waals surface area contributed by atoms with E-state index in [1.807, 2.05) is 25.1 Å². The number of benzene rings is 2. The third-order valence-corrected chi connectivity index (χ3v) is 6.11. The maximum Gasteiger partial charge on any atom is 0.325 e. The van der Waals surface area contributed by atoms with Crippen LogP contribution in [-0.4, -0.2) is 31.9 Å². The van der Waals surface area contributed by atoms with Crippen LogP contribution in [0.3, 0.4) is 0 Å². The third kappa shape index (κ3) is 7.15. The van der Waals surface area contributed by atoms with Gasteiger partial charge in [-0.25, -0.2) is 23.3 Å². The average molecular weight is 474 g/mol. The number of urea groups is 1. The number of hydrogen-bond acceptors (Lipinski definition) is 6. The Bertz CT molecular complexity index is 1210. The Morgan fingerprint density at radius 1 is 1.09 bits per heavy atom. The Labute approximate surface area is 190 Å². The average Bonchev–Trinajstić information content (AvgIpc) is 3.14. The van der Waals surface area contributed by atoms with E-state index in [2.05, 4.69) is 20.9 Å². The van der Waals surface area contributed by atoms with E-state index in [1.54, 1.807) is 23.6 Å². The standard InChI is InChI=1S/C21H23N5O4S2/c1-14-3-2-4-16(11-14)24-20(28)26-21-25-17(13-31-21)12-19(27)23-10-9-15-5-7-18(8-6-15)32(22,29)30/h2-8,11,13H,9-10,12H2,1H3,(H,23,27)(H2,22,29,30)(H2,24,25,26,28). The molecule has 3 aromatic rings. The molecular formula is C21H23N5O4S2. The molecule has 0 aliphatic rings. The van der Waals surface area contributed by atoms with Crippen molar-refractivity contribution in [3.05, 3.63) is 70.7 Å². The highest BCUT2D eigenvalue weighted by molar-refractivity contribution is 7.89. The molecule has 0 unspecified atom stereocenters. The van der Waals surface area contributed by atoms with Crippen molar-refractivity contribution in [2.45, 2.75) is 24.7 Å². The lowest BCUT2D eigenvalue weighted by atomic mass is 10.1. The van der Waals surface area contributed by atoms with E-state index >= 15 is 0 Å². The summed E-state index contributed by atoms with van der Waals surface area (Å²) >= 11 is 1.24. The Hall–Kier alpha value is -3.28. The maximum atomic E-state index is 12.2. The lowest BCUT2D eigenvalue weighted by Crippen LogP contribution is -2.27. The topological polar surface area (TPSA) is 143 Å². The van der Waals surface area contributed by atoms with Crippen molar-refractivity contribution in [3.8, 4) is 0 Å². The number of nitrogens with two attached hydrogens (primary N) is 1. The maximum absolute atomic E-state index is 12.2. The molecule has 1 aromatic heterocycles. The second kappa shape index (κ2) is 10.4. The first kappa shape index (κ1) is 23.4. The van der Waals surface area contributed by atoms with Crippen molar-refractivity contribution in [3.63, 3.8) is 0 Å². The summed E-state index contributed by atoms with van der Waals surface area (Å²) in [6.45, 7) is 2.33. The van der Waals surface area contributed by atoms with Gasteiger partial charge in [-0.15, -0.1) is 11.3 Å². The van der Waals surface area contributed by atoms with Gasteiger partial charge in [-0.1, -0.05) is 24.3 Å². The van der Waals surface area contributed by atoms with Crippen LogP contribution in [0.1, 0.15) is 16.8 Å². The Morgan fingerprint density at radius 3 is 2.53 bits per heavy atom. The summed E-state index contributed by atoms with van der Waals surface area (Å²) in [7, 11) is -3.72. The number of hydrogen-bond donors (Lipinski definition) is 4. The van der Waals surface area contributed by atoms with Crippen molar-refractivity contribution in [2.75, 3.05) is 17.2 Å². The predicted molar refractivity (Wildman–Crippen MR) is 124 cm³/mol. The first-order valence-electron chi connectivity index (χ1n) is 9.66. The van der Waals surface area contributed by atoms with Crippen LogP contribution in [0.25, 0.3) is 0 Å². The van der Waals surface area contributed by atoms with Crippen LogP contribution in [0.2, 0.25) is 0 Å². The van der Waals surface area contributed by atoms with Crippen molar-refractivity contribution >= 4 is 44.1 Å². The van der Waals surface area contributed by atoms with Gasteiger partial charge in [0.15, 0.2) is 5.13 Å². The normalized spacial score (nSPS) is 11.1. The molecule has 9 nitrogen and oxygen atoms in total. The van der Waals surface area contributed by atoms with Crippen molar-refractivity contribution in [1.82, 2.24) is 10.3 Å². The summed E-state index contributed by atoms with van der Waals surface area (Å²) in [6, 6.07) is 13.2. The molecule has 0 bridgehead atoms. The molecule has 0 aliphatic heterocycles. The number of carbonyl (C=O) groups is 2. The van der Waals surface area contributed by atoms with E-state index in [0.29, 0.717) is 29.5 Å². The van der Waals surface area contributed by atoms with E-state index in [-0.39, 0.29) is 17.2 Å². The van der Waals surface area contributed by atoms with Crippen molar-refractivity contribution in [1.29, 1.82) is 0 Å². The molecule has 0 radical (unpaired) electrons. The molecule has 2 aromatic carbocycles. The van der Waals surface area contributed by atoms with Gasteiger partial charge in [0.05, 0.1) is 17.0 Å². The van der Waals surface area contributed by atoms with Gasteiger partial charge in [-0.2, -0.15) is 0 Å². The molecule has 0 saturated heterocycles. The molecule has 0 spiro atoms. The van der Waals surface area contributed by atoms with E-state index in [0.717, 1.165) is 11.1 Å². The van der Waals surface area contributed by atoms with E-state index in [4.69, 9.17) is 5.14 Å². The summed E-state index contributed by atoms with van der Waals surface area (Å²) in [4.78, 5) is 28.6. The number of aromatic nitrogens is 1. The van der Waals surface area contributed by atoms with Crippen LogP contribution in [0.15, 0.2) is 58.8 Å². The first-order valence-corrected chi connectivity index (χ1v) is 12.1. The largest absolute Gasteiger partial charge is 0.355 e. The zero-order valence-corrected chi connectivity index (χ0v) is 18.9. The zero-order valence-electron chi connectivity index (χ0n) is 17.3. The van der Waals surface area contributed by atoms with Crippen LogP contribution in [-0.2, 0) is 27.7 Å². The minimum absolute atomic E-state index is 0.0470. The van der Waals surface area contributed by atoms with Crippen LogP contribution < -0.4 is 21.1 Å². The summed E-state index contributed by atoms with van der Waals surface area (Å²) in [5.74, 6) is -0.202. The fourth-order valence-electron chi connectivity index (χ4n) is 2.85. The second-order valence-corrected chi connectivity index (χ2v) is 9.48. The molecular weight excluding hydrogens is 450 g/mol. The van der Waals surface area contributed by atoms with Gasteiger partial charge in [-0.3, -0.25) is 10.1 Å².